The highest BCUT2D eigenvalue weighted by atomic mass is 16.5. The lowest BCUT2D eigenvalue weighted by Gasteiger charge is -2.25. The molecule has 0 saturated heterocycles. The Kier molecular flexibility index (Phi) is 9.67. The monoisotopic (exact) mass is 495 g/mol. The van der Waals surface area contributed by atoms with Crippen LogP contribution in [0.5, 0.6) is 17.4 Å². The predicted octanol–water partition coefficient (Wildman–Crippen LogP) is 3.95. The third-order valence-corrected chi connectivity index (χ3v) is 5.98. The molecule has 36 heavy (non-hydrogen) atoms. The van der Waals surface area contributed by atoms with Gasteiger partial charge < -0.3 is 29.2 Å². The number of methoxy groups -OCH3 is 3. The summed E-state index contributed by atoms with van der Waals surface area (Å²) in [4.78, 5) is 15.6. The molecule has 8 heteroatoms. The number of aliphatic hydroxyl groups excluding tert-OH is 1. The minimum Gasteiger partial charge on any atom is -0.496 e. The van der Waals surface area contributed by atoms with Gasteiger partial charge in [-0.1, -0.05) is 36.4 Å². The van der Waals surface area contributed by atoms with Crippen molar-refractivity contribution in [3.05, 3.63) is 82.5 Å². The quantitative estimate of drug-likeness (QED) is 0.367. The molecule has 3 aromatic rings. The number of carboxylic acids is 1. The van der Waals surface area contributed by atoms with E-state index in [4.69, 9.17) is 24.1 Å². The SMILES string of the molecule is COc1cc([C@@H](O)[C@H](Cc2ccc(CC(=O)O)c(OC)n2)OCCc2ccccc2)cc(OC)c1C. The van der Waals surface area contributed by atoms with Crippen molar-refractivity contribution in [2.24, 2.45) is 0 Å². The van der Waals surface area contributed by atoms with Crippen LogP contribution < -0.4 is 14.2 Å². The van der Waals surface area contributed by atoms with Crippen LogP contribution in [0, 0.1) is 6.92 Å². The molecule has 2 aromatic carbocycles. The Morgan fingerprint density at radius 3 is 2.22 bits per heavy atom. The van der Waals surface area contributed by atoms with Gasteiger partial charge in [-0.2, -0.15) is 0 Å². The molecule has 0 unspecified atom stereocenters. The van der Waals surface area contributed by atoms with E-state index in [2.05, 4.69) is 4.98 Å². The van der Waals surface area contributed by atoms with Gasteiger partial charge >= 0.3 is 5.97 Å². The van der Waals surface area contributed by atoms with Crippen LogP contribution in [0.15, 0.2) is 54.6 Å². The predicted molar refractivity (Wildman–Crippen MR) is 135 cm³/mol. The number of aliphatic hydroxyl groups is 1. The Morgan fingerprint density at radius 1 is 0.972 bits per heavy atom. The molecule has 192 valence electrons. The number of rotatable bonds is 13. The summed E-state index contributed by atoms with van der Waals surface area (Å²) < 4.78 is 22.5. The molecule has 0 aliphatic heterocycles. The summed E-state index contributed by atoms with van der Waals surface area (Å²) in [5.41, 5.74) is 3.63. The normalized spacial score (nSPS) is 12.6. The van der Waals surface area contributed by atoms with Crippen molar-refractivity contribution in [1.82, 2.24) is 4.98 Å². The second-order valence-corrected chi connectivity index (χ2v) is 8.39. The van der Waals surface area contributed by atoms with E-state index in [1.54, 1.807) is 38.5 Å². The van der Waals surface area contributed by atoms with Gasteiger partial charge in [-0.3, -0.25) is 4.79 Å². The molecule has 0 aliphatic carbocycles. The average Bonchev–Trinajstić information content (AvgIpc) is 2.89. The zero-order valence-corrected chi connectivity index (χ0v) is 21.1. The van der Waals surface area contributed by atoms with Crippen LogP contribution in [0.1, 0.15) is 34.1 Å². The molecule has 0 fully saturated rings. The highest BCUT2D eigenvalue weighted by Gasteiger charge is 2.26. The van der Waals surface area contributed by atoms with Gasteiger partial charge in [-0.25, -0.2) is 4.98 Å². The molecule has 1 aromatic heterocycles. The fourth-order valence-electron chi connectivity index (χ4n) is 4.03. The van der Waals surface area contributed by atoms with Crippen molar-refractivity contribution in [1.29, 1.82) is 0 Å². The average molecular weight is 496 g/mol. The molecule has 1 heterocycles. The number of aromatic nitrogens is 1. The van der Waals surface area contributed by atoms with Crippen LogP contribution in [0.25, 0.3) is 0 Å². The van der Waals surface area contributed by atoms with Crippen molar-refractivity contribution in [2.45, 2.75) is 38.4 Å². The number of pyridine rings is 1. The number of ether oxygens (including phenoxy) is 4. The molecule has 2 N–H and O–H groups in total. The molecule has 2 atom stereocenters. The van der Waals surface area contributed by atoms with Crippen LogP contribution in [-0.4, -0.2) is 55.2 Å². The van der Waals surface area contributed by atoms with Gasteiger partial charge in [0.05, 0.1) is 40.5 Å². The van der Waals surface area contributed by atoms with E-state index in [1.807, 2.05) is 37.3 Å². The lowest BCUT2D eigenvalue weighted by atomic mass is 9.98. The van der Waals surface area contributed by atoms with Gasteiger partial charge in [-0.15, -0.1) is 0 Å². The number of carboxylic acid groups (broad SMARTS) is 1. The van der Waals surface area contributed by atoms with E-state index in [-0.39, 0.29) is 18.7 Å². The second kappa shape index (κ2) is 12.9. The maximum absolute atomic E-state index is 11.4. The Balaban J connectivity index is 1.88. The standard InChI is InChI=1S/C28H33NO7/c1-18-23(33-2)14-21(15-24(18)34-3)27(32)25(36-13-12-19-8-6-5-7-9-19)17-22-11-10-20(16-26(30)31)28(29-22)35-4/h5-11,14-15,25,27,32H,12-13,16-17H2,1-4H3,(H,30,31)/t25-,27+/m0/s1. The molecule has 0 amide bonds. The maximum Gasteiger partial charge on any atom is 0.308 e. The van der Waals surface area contributed by atoms with Gasteiger partial charge in [0, 0.05) is 23.2 Å². The lowest BCUT2D eigenvalue weighted by Crippen LogP contribution is -2.26. The largest absolute Gasteiger partial charge is 0.496 e. The smallest absolute Gasteiger partial charge is 0.308 e. The fraction of sp³-hybridized carbons (Fsp3) is 0.357. The van der Waals surface area contributed by atoms with Gasteiger partial charge in [0.2, 0.25) is 5.88 Å². The number of hydrogen-bond acceptors (Lipinski definition) is 7. The first-order valence-electron chi connectivity index (χ1n) is 11.7. The minimum absolute atomic E-state index is 0.195. The Morgan fingerprint density at radius 2 is 1.64 bits per heavy atom. The van der Waals surface area contributed by atoms with Crippen LogP contribution in [0.2, 0.25) is 0 Å². The lowest BCUT2D eigenvalue weighted by molar-refractivity contribution is -0.136. The Bertz CT molecular complexity index is 1120. The first-order chi connectivity index (χ1) is 17.4. The zero-order valence-electron chi connectivity index (χ0n) is 21.1. The molecular weight excluding hydrogens is 462 g/mol. The third-order valence-electron chi connectivity index (χ3n) is 5.98. The van der Waals surface area contributed by atoms with Gasteiger partial charge in [0.1, 0.15) is 17.6 Å². The summed E-state index contributed by atoms with van der Waals surface area (Å²) in [6, 6.07) is 16.9. The first kappa shape index (κ1) is 27.0. The van der Waals surface area contributed by atoms with Crippen molar-refractivity contribution < 1.29 is 34.0 Å². The first-order valence-corrected chi connectivity index (χ1v) is 11.7. The molecule has 0 bridgehead atoms. The summed E-state index contributed by atoms with van der Waals surface area (Å²) in [6.07, 6.45) is -0.889. The molecule has 3 rings (SSSR count). The van der Waals surface area contributed by atoms with E-state index < -0.39 is 18.2 Å². The Labute approximate surface area is 211 Å². The van der Waals surface area contributed by atoms with E-state index in [0.717, 1.165) is 11.1 Å². The van der Waals surface area contributed by atoms with E-state index in [1.165, 1.54) is 7.11 Å². The molecule has 0 spiro atoms. The summed E-state index contributed by atoms with van der Waals surface area (Å²) in [6.45, 7) is 2.27. The maximum atomic E-state index is 11.4. The van der Waals surface area contributed by atoms with E-state index in [9.17, 15) is 9.90 Å². The molecule has 8 nitrogen and oxygen atoms in total. The van der Waals surface area contributed by atoms with E-state index >= 15 is 0 Å². The highest BCUT2D eigenvalue weighted by Crippen LogP contribution is 2.34. The summed E-state index contributed by atoms with van der Waals surface area (Å²) >= 11 is 0. The van der Waals surface area contributed by atoms with Gasteiger partial charge in [0.15, 0.2) is 0 Å². The molecular formula is C28H33NO7. The number of benzene rings is 2. The number of nitrogens with zero attached hydrogens (tertiary/aromatic N) is 1. The number of carbonyl (C=O) groups is 1. The van der Waals surface area contributed by atoms with Crippen LogP contribution >= 0.6 is 0 Å². The third kappa shape index (κ3) is 6.96. The highest BCUT2D eigenvalue weighted by molar-refractivity contribution is 5.71. The Hall–Kier alpha value is -3.62. The van der Waals surface area contributed by atoms with Crippen LogP contribution in [0.4, 0.5) is 0 Å². The molecule has 0 radical (unpaired) electrons. The van der Waals surface area contributed by atoms with Crippen LogP contribution in [-0.2, 0) is 28.8 Å². The summed E-state index contributed by atoms with van der Waals surface area (Å²) in [5.74, 6) is 0.474. The van der Waals surface area contributed by atoms with Crippen molar-refractivity contribution in [3.63, 3.8) is 0 Å². The van der Waals surface area contributed by atoms with Gasteiger partial charge in [0.25, 0.3) is 0 Å². The summed E-state index contributed by atoms with van der Waals surface area (Å²) in [5, 5.41) is 20.5. The fourth-order valence-corrected chi connectivity index (χ4v) is 4.03. The second-order valence-electron chi connectivity index (χ2n) is 8.39. The number of hydrogen-bond donors (Lipinski definition) is 2. The van der Waals surface area contributed by atoms with Gasteiger partial charge in [-0.05, 0) is 42.7 Å². The summed E-state index contributed by atoms with van der Waals surface area (Å²) in [7, 11) is 4.59. The minimum atomic E-state index is -1.00. The molecule has 0 aliphatic rings. The van der Waals surface area contributed by atoms with E-state index in [0.29, 0.717) is 41.3 Å². The van der Waals surface area contributed by atoms with Crippen molar-refractivity contribution >= 4 is 5.97 Å². The molecule has 0 saturated carbocycles. The van der Waals surface area contributed by atoms with Crippen molar-refractivity contribution in [3.8, 4) is 17.4 Å². The van der Waals surface area contributed by atoms with Crippen molar-refractivity contribution in [2.75, 3.05) is 27.9 Å². The topological polar surface area (TPSA) is 107 Å². The number of aliphatic carboxylic acids is 1. The zero-order chi connectivity index (χ0) is 26.1. The van der Waals surface area contributed by atoms with Crippen LogP contribution in [0.3, 0.4) is 0 Å².